The van der Waals surface area contributed by atoms with Gasteiger partial charge < -0.3 is 9.73 Å². The molecule has 15 heavy (non-hydrogen) atoms. The summed E-state index contributed by atoms with van der Waals surface area (Å²) in [5, 5.41) is 10.7. The summed E-state index contributed by atoms with van der Waals surface area (Å²) in [5.74, 6) is 0.471. The number of nitrogens with zero attached hydrogens (tertiary/aromatic N) is 2. The Labute approximate surface area is 88.3 Å². The molecule has 2 radical (unpaired) electrons. The third kappa shape index (κ3) is 2.15. The molecule has 2 aromatic rings. The van der Waals surface area contributed by atoms with Crippen molar-refractivity contribution in [2.45, 2.75) is 6.92 Å². The van der Waals surface area contributed by atoms with Crippen molar-refractivity contribution in [3.8, 4) is 11.5 Å². The highest BCUT2D eigenvalue weighted by Gasteiger charge is 2.06. The van der Waals surface area contributed by atoms with Crippen molar-refractivity contribution in [2.75, 3.05) is 11.9 Å². The van der Waals surface area contributed by atoms with E-state index in [9.17, 15) is 0 Å². The normalized spacial score (nSPS) is 10.3. The standard InChI is InChI=1S/C11H11N3O/c1-3-12-11-14-13-10(15-11)9-6-4-5-8(2)7-9/h2,4-7H,3H2,1H3,(H,12,14). The zero-order valence-corrected chi connectivity index (χ0v) is 8.40. The molecule has 0 saturated heterocycles. The molecule has 76 valence electrons. The van der Waals surface area contributed by atoms with E-state index in [1.165, 1.54) is 0 Å². The Morgan fingerprint density at radius 1 is 1.40 bits per heavy atom. The summed E-state index contributed by atoms with van der Waals surface area (Å²) < 4.78 is 5.38. The molecule has 1 heterocycles. The average Bonchev–Trinajstić information content (AvgIpc) is 2.67. The second kappa shape index (κ2) is 4.13. The molecule has 0 atom stereocenters. The Balaban J connectivity index is 2.29. The van der Waals surface area contributed by atoms with Gasteiger partial charge in [0, 0.05) is 12.1 Å². The smallest absolute Gasteiger partial charge is 0.315 e. The minimum atomic E-state index is 0.426. The van der Waals surface area contributed by atoms with Crippen LogP contribution in [0, 0.1) is 6.92 Å². The maximum atomic E-state index is 5.66. The van der Waals surface area contributed by atoms with Gasteiger partial charge >= 0.3 is 6.01 Å². The summed E-state index contributed by atoms with van der Waals surface area (Å²) in [6.07, 6.45) is 0. The molecule has 0 spiro atoms. The van der Waals surface area contributed by atoms with Crippen molar-refractivity contribution in [1.82, 2.24) is 10.2 Å². The fraction of sp³-hybridized carbons (Fsp3) is 0.182. The van der Waals surface area contributed by atoms with Crippen LogP contribution in [0.4, 0.5) is 6.01 Å². The molecule has 0 unspecified atom stereocenters. The molecule has 0 aliphatic rings. The summed E-state index contributed by atoms with van der Waals surface area (Å²) in [6.45, 7) is 8.37. The van der Waals surface area contributed by atoms with Crippen LogP contribution in [0.3, 0.4) is 0 Å². The molecule has 2 rings (SSSR count). The molecule has 4 heteroatoms. The molecule has 1 aromatic heterocycles. The van der Waals surface area contributed by atoms with Crippen molar-refractivity contribution in [3.05, 3.63) is 36.8 Å². The van der Waals surface area contributed by atoms with Gasteiger partial charge in [-0.25, -0.2) is 0 Å². The van der Waals surface area contributed by atoms with Crippen LogP contribution >= 0.6 is 0 Å². The van der Waals surface area contributed by atoms with Crippen molar-refractivity contribution in [2.24, 2.45) is 0 Å². The van der Waals surface area contributed by atoms with Crippen LogP contribution < -0.4 is 5.32 Å². The fourth-order valence-corrected chi connectivity index (χ4v) is 1.23. The molecule has 0 bridgehead atoms. The van der Waals surface area contributed by atoms with E-state index in [1.807, 2.05) is 25.1 Å². The van der Waals surface area contributed by atoms with Crippen molar-refractivity contribution in [3.63, 3.8) is 0 Å². The Kier molecular flexibility index (Phi) is 2.67. The summed E-state index contributed by atoms with van der Waals surface area (Å²) in [6, 6.07) is 7.75. The van der Waals surface area contributed by atoms with Crippen LogP contribution in [0.15, 0.2) is 28.7 Å². The first-order valence-corrected chi connectivity index (χ1v) is 4.73. The third-order valence-corrected chi connectivity index (χ3v) is 1.89. The molecule has 0 fully saturated rings. The molecule has 1 N–H and O–H groups in total. The van der Waals surface area contributed by atoms with E-state index in [2.05, 4.69) is 15.5 Å². The predicted molar refractivity (Wildman–Crippen MR) is 57.3 cm³/mol. The van der Waals surface area contributed by atoms with Crippen molar-refractivity contribution >= 4 is 6.01 Å². The topological polar surface area (TPSA) is 51.0 Å². The molecule has 4 nitrogen and oxygen atoms in total. The Morgan fingerprint density at radius 2 is 2.27 bits per heavy atom. The minimum Gasteiger partial charge on any atom is -0.403 e. The first-order chi connectivity index (χ1) is 7.29. The maximum absolute atomic E-state index is 5.66. The van der Waals surface area contributed by atoms with Gasteiger partial charge in [0.15, 0.2) is 0 Å². The largest absolute Gasteiger partial charge is 0.403 e. The fourth-order valence-electron chi connectivity index (χ4n) is 1.23. The van der Waals surface area contributed by atoms with Crippen LogP contribution in [-0.4, -0.2) is 16.7 Å². The van der Waals surface area contributed by atoms with Crippen LogP contribution in [0.5, 0.6) is 0 Å². The van der Waals surface area contributed by atoms with Gasteiger partial charge in [-0.05, 0) is 31.5 Å². The highest BCUT2D eigenvalue weighted by atomic mass is 16.4. The second-order valence-corrected chi connectivity index (χ2v) is 3.07. The number of hydrogen-bond donors (Lipinski definition) is 1. The monoisotopic (exact) mass is 201 g/mol. The molecule has 0 saturated carbocycles. The van der Waals surface area contributed by atoms with E-state index >= 15 is 0 Å². The van der Waals surface area contributed by atoms with Gasteiger partial charge in [0.1, 0.15) is 0 Å². The van der Waals surface area contributed by atoms with Gasteiger partial charge in [-0.1, -0.05) is 17.2 Å². The second-order valence-electron chi connectivity index (χ2n) is 3.07. The van der Waals surface area contributed by atoms with Crippen molar-refractivity contribution in [1.29, 1.82) is 0 Å². The van der Waals surface area contributed by atoms with E-state index in [0.717, 1.165) is 12.1 Å². The highest BCUT2D eigenvalue weighted by Crippen LogP contribution is 2.20. The summed E-state index contributed by atoms with van der Waals surface area (Å²) >= 11 is 0. The van der Waals surface area contributed by atoms with Crippen molar-refractivity contribution < 1.29 is 4.42 Å². The number of aromatic nitrogens is 2. The van der Waals surface area contributed by atoms with Crippen LogP contribution in [0.2, 0.25) is 0 Å². The molecule has 0 amide bonds. The lowest BCUT2D eigenvalue weighted by atomic mass is 10.1. The van der Waals surface area contributed by atoms with Crippen LogP contribution in [0.25, 0.3) is 11.5 Å². The Hall–Kier alpha value is -1.84. The van der Waals surface area contributed by atoms with E-state index in [4.69, 9.17) is 11.3 Å². The van der Waals surface area contributed by atoms with E-state index in [0.29, 0.717) is 17.5 Å². The number of anilines is 1. The maximum Gasteiger partial charge on any atom is 0.315 e. The lowest BCUT2D eigenvalue weighted by molar-refractivity contribution is 0.582. The number of nitrogens with one attached hydrogen (secondary N) is 1. The van der Waals surface area contributed by atoms with Gasteiger partial charge in [0.2, 0.25) is 5.89 Å². The molecular weight excluding hydrogens is 190 g/mol. The number of benzene rings is 1. The summed E-state index contributed by atoms with van der Waals surface area (Å²) in [7, 11) is 0. The van der Waals surface area contributed by atoms with E-state index in [1.54, 1.807) is 6.07 Å². The van der Waals surface area contributed by atoms with E-state index in [-0.39, 0.29) is 0 Å². The van der Waals surface area contributed by atoms with Crippen LogP contribution in [-0.2, 0) is 0 Å². The third-order valence-electron chi connectivity index (χ3n) is 1.89. The lowest BCUT2D eigenvalue weighted by Gasteiger charge is -1.96. The average molecular weight is 201 g/mol. The predicted octanol–water partition coefficient (Wildman–Crippen LogP) is 2.23. The van der Waals surface area contributed by atoms with Gasteiger partial charge in [-0.2, -0.15) is 0 Å². The minimum absolute atomic E-state index is 0.426. The molecule has 1 aromatic carbocycles. The zero-order valence-electron chi connectivity index (χ0n) is 8.40. The Morgan fingerprint density at radius 3 is 3.00 bits per heavy atom. The number of hydrogen-bond acceptors (Lipinski definition) is 4. The van der Waals surface area contributed by atoms with Crippen LogP contribution in [0.1, 0.15) is 12.5 Å². The van der Waals surface area contributed by atoms with Gasteiger partial charge in [0.05, 0.1) is 0 Å². The van der Waals surface area contributed by atoms with Gasteiger partial charge in [0.25, 0.3) is 0 Å². The quantitative estimate of drug-likeness (QED) is 0.827. The highest BCUT2D eigenvalue weighted by molar-refractivity contribution is 5.55. The van der Waals surface area contributed by atoms with E-state index < -0.39 is 0 Å². The van der Waals surface area contributed by atoms with Gasteiger partial charge in [-0.3, -0.25) is 0 Å². The molecular formula is C11H11N3O. The molecule has 0 aliphatic heterocycles. The Bertz CT molecular complexity index is 451. The molecule has 0 aliphatic carbocycles. The lowest BCUT2D eigenvalue weighted by Crippen LogP contribution is -1.95. The first kappa shape index (κ1) is 9.71. The number of rotatable bonds is 3. The summed E-state index contributed by atoms with van der Waals surface area (Å²) in [4.78, 5) is 0. The first-order valence-electron chi connectivity index (χ1n) is 4.73. The summed E-state index contributed by atoms with van der Waals surface area (Å²) in [5.41, 5.74) is 1.50. The SMILES string of the molecule is [CH]c1cccc(-c2nnc(NCC)o2)c1. The zero-order chi connectivity index (χ0) is 10.7. The van der Waals surface area contributed by atoms with Gasteiger partial charge in [-0.15, -0.1) is 5.10 Å².